The fourth-order valence-corrected chi connectivity index (χ4v) is 2.51. The third kappa shape index (κ3) is 2.07. The lowest BCUT2D eigenvalue weighted by molar-refractivity contribution is 0.127. The molecule has 3 heteroatoms. The molecule has 2 unspecified atom stereocenters. The Hall–Kier alpha value is -0.830. The second kappa shape index (κ2) is 4.35. The summed E-state index contributed by atoms with van der Waals surface area (Å²) >= 11 is 0. The topological polar surface area (TPSA) is 12.5 Å². The summed E-state index contributed by atoms with van der Waals surface area (Å²) < 4.78 is 18.3. The molecule has 0 aromatic heterocycles. The highest BCUT2D eigenvalue weighted by atomic mass is 19.1. The molecule has 1 aliphatic carbocycles. The summed E-state index contributed by atoms with van der Waals surface area (Å²) in [7, 11) is 1.71. The van der Waals surface area contributed by atoms with Crippen molar-refractivity contribution in [1.82, 2.24) is 4.90 Å². The van der Waals surface area contributed by atoms with Crippen LogP contribution in [0.5, 0.6) is 0 Å². The quantitative estimate of drug-likeness (QED) is 0.711. The third-order valence-electron chi connectivity index (χ3n) is 3.29. The minimum absolute atomic E-state index is 0.0854. The third-order valence-corrected chi connectivity index (χ3v) is 3.29. The Bertz CT molecular complexity index is 298. The summed E-state index contributed by atoms with van der Waals surface area (Å²) in [6, 6.07) is 0.345. The second-order valence-electron chi connectivity index (χ2n) is 4.38. The highest BCUT2D eigenvalue weighted by molar-refractivity contribution is 5.27. The fraction of sp³-hybridized carbons (Fsp3) is 0.667. The molecular weight excluding hydrogens is 193 g/mol. The van der Waals surface area contributed by atoms with E-state index in [1.807, 2.05) is 0 Å². The molecular formula is C12H18FNO. The van der Waals surface area contributed by atoms with Gasteiger partial charge in [0.25, 0.3) is 0 Å². The Morgan fingerprint density at radius 1 is 1.67 bits per heavy atom. The van der Waals surface area contributed by atoms with Gasteiger partial charge in [0, 0.05) is 31.3 Å². The molecule has 1 fully saturated rings. The summed E-state index contributed by atoms with van der Waals surface area (Å²) in [6.45, 7) is 3.86. The lowest BCUT2D eigenvalue weighted by Gasteiger charge is -2.29. The lowest BCUT2D eigenvalue weighted by atomic mass is 9.96. The van der Waals surface area contributed by atoms with Crippen molar-refractivity contribution >= 4 is 0 Å². The van der Waals surface area contributed by atoms with Crippen molar-refractivity contribution in [2.75, 3.05) is 20.3 Å². The van der Waals surface area contributed by atoms with E-state index in [2.05, 4.69) is 11.8 Å². The van der Waals surface area contributed by atoms with E-state index >= 15 is 0 Å². The van der Waals surface area contributed by atoms with Crippen LogP contribution < -0.4 is 0 Å². The van der Waals surface area contributed by atoms with E-state index in [0.29, 0.717) is 18.6 Å². The van der Waals surface area contributed by atoms with E-state index in [9.17, 15) is 4.39 Å². The molecule has 2 atom stereocenters. The van der Waals surface area contributed by atoms with Crippen LogP contribution in [0.4, 0.5) is 4.39 Å². The molecule has 0 saturated carbocycles. The van der Waals surface area contributed by atoms with E-state index < -0.39 is 0 Å². The van der Waals surface area contributed by atoms with E-state index in [1.54, 1.807) is 19.3 Å². The van der Waals surface area contributed by atoms with Gasteiger partial charge in [-0.15, -0.1) is 0 Å². The maximum atomic E-state index is 13.2. The second-order valence-corrected chi connectivity index (χ2v) is 4.38. The molecule has 84 valence electrons. The first-order valence-corrected chi connectivity index (χ1v) is 5.55. The van der Waals surface area contributed by atoms with Crippen LogP contribution in [0.3, 0.4) is 0 Å². The first-order valence-electron chi connectivity index (χ1n) is 5.55. The van der Waals surface area contributed by atoms with Crippen molar-refractivity contribution in [2.45, 2.75) is 25.8 Å². The van der Waals surface area contributed by atoms with Gasteiger partial charge in [-0.25, -0.2) is 4.39 Å². The highest BCUT2D eigenvalue weighted by Crippen LogP contribution is 2.36. The van der Waals surface area contributed by atoms with Crippen molar-refractivity contribution in [3.8, 4) is 0 Å². The van der Waals surface area contributed by atoms with Crippen LogP contribution in [0.1, 0.15) is 19.8 Å². The molecule has 2 nitrogen and oxygen atoms in total. The van der Waals surface area contributed by atoms with Gasteiger partial charge in [-0.1, -0.05) is 0 Å². The number of halogens is 1. The largest absolute Gasteiger partial charge is 0.383 e. The number of likely N-dealkylation sites (tertiary alicyclic amines) is 1. The van der Waals surface area contributed by atoms with Gasteiger partial charge in [-0.05, 0) is 31.9 Å². The summed E-state index contributed by atoms with van der Waals surface area (Å²) in [4.78, 5) is 2.28. The van der Waals surface area contributed by atoms with E-state index in [0.717, 1.165) is 19.4 Å². The van der Waals surface area contributed by atoms with Crippen LogP contribution in [0.25, 0.3) is 0 Å². The molecule has 2 rings (SSSR count). The van der Waals surface area contributed by atoms with E-state index in [4.69, 9.17) is 4.74 Å². The smallest absolute Gasteiger partial charge is 0.120 e. The maximum absolute atomic E-state index is 13.2. The van der Waals surface area contributed by atoms with Gasteiger partial charge in [0.05, 0.1) is 6.61 Å². The number of methoxy groups -OCH3 is 1. The monoisotopic (exact) mass is 211 g/mol. The summed E-state index contributed by atoms with van der Waals surface area (Å²) in [6.07, 6.45) is 5.38. The Balaban J connectivity index is 2.11. The summed E-state index contributed by atoms with van der Waals surface area (Å²) in [5.41, 5.74) is 1.17. The predicted octanol–water partition coefficient (Wildman–Crippen LogP) is 2.48. The van der Waals surface area contributed by atoms with Crippen molar-refractivity contribution < 1.29 is 9.13 Å². The van der Waals surface area contributed by atoms with Gasteiger partial charge >= 0.3 is 0 Å². The Morgan fingerprint density at radius 3 is 3.20 bits per heavy atom. The zero-order valence-electron chi connectivity index (χ0n) is 9.37. The van der Waals surface area contributed by atoms with Gasteiger partial charge in [0.15, 0.2) is 0 Å². The minimum atomic E-state index is -0.0854. The zero-order chi connectivity index (χ0) is 10.8. The number of fused-ring (bicyclic) bond motifs is 1. The SMILES string of the molecule is COCC(C)N1CCC2CC=C(F)C=C21. The van der Waals surface area contributed by atoms with Crippen molar-refractivity contribution in [3.05, 3.63) is 23.7 Å². The van der Waals surface area contributed by atoms with Crippen LogP contribution >= 0.6 is 0 Å². The summed E-state index contributed by atoms with van der Waals surface area (Å²) in [5, 5.41) is 0. The lowest BCUT2D eigenvalue weighted by Crippen LogP contribution is -2.33. The number of hydrogen-bond acceptors (Lipinski definition) is 2. The van der Waals surface area contributed by atoms with Crippen LogP contribution in [-0.2, 0) is 4.74 Å². The molecule has 0 aromatic carbocycles. The predicted molar refractivity (Wildman–Crippen MR) is 58.0 cm³/mol. The number of ether oxygens (including phenoxy) is 1. The van der Waals surface area contributed by atoms with Crippen LogP contribution in [0, 0.1) is 5.92 Å². The molecule has 2 aliphatic rings. The van der Waals surface area contributed by atoms with Crippen LogP contribution in [-0.4, -0.2) is 31.2 Å². The van der Waals surface area contributed by atoms with Gasteiger partial charge in [0.2, 0.25) is 0 Å². The minimum Gasteiger partial charge on any atom is -0.383 e. The van der Waals surface area contributed by atoms with Crippen LogP contribution in [0.15, 0.2) is 23.7 Å². The molecule has 1 aliphatic heterocycles. The average molecular weight is 211 g/mol. The normalized spacial score (nSPS) is 27.1. The standard InChI is InChI=1S/C12H18FNO/c1-9(8-15-2)14-6-5-10-3-4-11(13)7-12(10)14/h4,7,9-10H,3,5-6,8H2,1-2H3. The molecule has 15 heavy (non-hydrogen) atoms. The van der Waals surface area contributed by atoms with Crippen LogP contribution in [0.2, 0.25) is 0 Å². The fourth-order valence-electron chi connectivity index (χ4n) is 2.51. The molecule has 1 saturated heterocycles. The average Bonchev–Trinajstić information content (AvgIpc) is 2.60. The Labute approximate surface area is 90.4 Å². The molecule has 0 N–H and O–H groups in total. The van der Waals surface area contributed by atoms with E-state index in [-0.39, 0.29) is 5.83 Å². The van der Waals surface area contributed by atoms with Gasteiger partial charge < -0.3 is 9.64 Å². The first kappa shape index (κ1) is 10.7. The number of nitrogens with zero attached hydrogens (tertiary/aromatic N) is 1. The first-order chi connectivity index (χ1) is 7.22. The molecule has 0 bridgehead atoms. The molecule has 0 radical (unpaired) electrons. The highest BCUT2D eigenvalue weighted by Gasteiger charge is 2.31. The Kier molecular flexibility index (Phi) is 3.10. The van der Waals surface area contributed by atoms with Crippen molar-refractivity contribution in [2.24, 2.45) is 5.92 Å². The molecule has 0 amide bonds. The van der Waals surface area contributed by atoms with Gasteiger partial charge in [0.1, 0.15) is 5.83 Å². The van der Waals surface area contributed by atoms with E-state index in [1.165, 1.54) is 5.70 Å². The van der Waals surface area contributed by atoms with Gasteiger partial charge in [-0.2, -0.15) is 0 Å². The van der Waals surface area contributed by atoms with Crippen molar-refractivity contribution in [1.29, 1.82) is 0 Å². The molecule has 0 spiro atoms. The molecule has 0 aromatic rings. The maximum Gasteiger partial charge on any atom is 0.120 e. The number of hydrogen-bond donors (Lipinski definition) is 0. The van der Waals surface area contributed by atoms with Gasteiger partial charge in [-0.3, -0.25) is 0 Å². The number of rotatable bonds is 3. The summed E-state index contributed by atoms with van der Waals surface area (Å²) in [5.74, 6) is 0.446. The zero-order valence-corrected chi connectivity index (χ0v) is 9.37. The Morgan fingerprint density at radius 2 is 2.47 bits per heavy atom. The number of allylic oxidation sites excluding steroid dienone is 4. The molecule has 1 heterocycles. The van der Waals surface area contributed by atoms with Crippen molar-refractivity contribution in [3.63, 3.8) is 0 Å².